The number of benzene rings is 2. The summed E-state index contributed by atoms with van der Waals surface area (Å²) in [6.45, 7) is 2.69. The van der Waals surface area contributed by atoms with E-state index < -0.39 is 0 Å². The van der Waals surface area contributed by atoms with Crippen LogP contribution < -0.4 is 5.73 Å². The highest BCUT2D eigenvalue weighted by atomic mass is 35.5. The van der Waals surface area contributed by atoms with Crippen LogP contribution in [0.4, 0.5) is 10.1 Å². The summed E-state index contributed by atoms with van der Waals surface area (Å²) in [4.78, 5) is 4.56. The van der Waals surface area contributed by atoms with Gasteiger partial charge in [0.2, 0.25) is 0 Å². The largest absolute Gasteiger partial charge is 0.398 e. The number of fused-ring (bicyclic) bond motifs is 1. The number of nitrogen functional groups attached to an aromatic ring is 1. The molecule has 0 amide bonds. The maximum atomic E-state index is 13.4. The van der Waals surface area contributed by atoms with Crippen molar-refractivity contribution in [1.82, 2.24) is 9.55 Å². The first-order chi connectivity index (χ1) is 9.60. The lowest BCUT2D eigenvalue weighted by Gasteiger charge is -2.07. The molecule has 0 spiro atoms. The van der Waals surface area contributed by atoms with Crippen LogP contribution in [0.15, 0.2) is 36.4 Å². The highest BCUT2D eigenvalue weighted by molar-refractivity contribution is 6.33. The normalized spacial score (nSPS) is 11.2. The summed E-state index contributed by atoms with van der Waals surface area (Å²) in [6.07, 6.45) is 0. The molecule has 1 aromatic heterocycles. The van der Waals surface area contributed by atoms with Gasteiger partial charge in [-0.2, -0.15) is 0 Å². The molecule has 0 radical (unpaired) electrons. The number of aromatic nitrogens is 2. The molecule has 3 rings (SSSR count). The predicted molar refractivity (Wildman–Crippen MR) is 80.2 cm³/mol. The van der Waals surface area contributed by atoms with Gasteiger partial charge in [0, 0.05) is 12.1 Å². The van der Waals surface area contributed by atoms with Gasteiger partial charge in [-0.1, -0.05) is 11.6 Å². The van der Waals surface area contributed by atoms with E-state index >= 15 is 0 Å². The van der Waals surface area contributed by atoms with Crippen LogP contribution in [0.2, 0.25) is 5.02 Å². The second kappa shape index (κ2) is 4.80. The van der Waals surface area contributed by atoms with Gasteiger partial charge in [0.15, 0.2) is 0 Å². The lowest BCUT2D eigenvalue weighted by Crippen LogP contribution is -1.98. The van der Waals surface area contributed by atoms with Gasteiger partial charge < -0.3 is 10.3 Å². The Balaban J connectivity index is 2.27. The molecule has 1 heterocycles. The quantitative estimate of drug-likeness (QED) is 0.722. The van der Waals surface area contributed by atoms with E-state index in [4.69, 9.17) is 17.3 Å². The molecule has 2 N–H and O–H groups in total. The average Bonchev–Trinajstić information content (AvgIpc) is 2.79. The number of rotatable bonds is 2. The highest BCUT2D eigenvalue weighted by Gasteiger charge is 2.13. The minimum Gasteiger partial charge on any atom is -0.398 e. The van der Waals surface area contributed by atoms with Gasteiger partial charge in [-0.05, 0) is 43.3 Å². The number of hydrogen-bond acceptors (Lipinski definition) is 2. The third-order valence-electron chi connectivity index (χ3n) is 3.28. The van der Waals surface area contributed by atoms with Crippen LogP contribution in [0.1, 0.15) is 6.92 Å². The van der Waals surface area contributed by atoms with Gasteiger partial charge >= 0.3 is 0 Å². The fourth-order valence-electron chi connectivity index (χ4n) is 2.32. The van der Waals surface area contributed by atoms with Crippen LogP contribution >= 0.6 is 11.6 Å². The van der Waals surface area contributed by atoms with Crippen molar-refractivity contribution in [3.05, 3.63) is 47.2 Å². The van der Waals surface area contributed by atoms with E-state index in [-0.39, 0.29) is 5.82 Å². The Morgan fingerprint density at radius 2 is 2.05 bits per heavy atom. The van der Waals surface area contributed by atoms with Crippen LogP contribution in [0.5, 0.6) is 0 Å². The first-order valence-electron chi connectivity index (χ1n) is 6.31. The summed E-state index contributed by atoms with van der Waals surface area (Å²) < 4.78 is 15.4. The van der Waals surface area contributed by atoms with E-state index in [9.17, 15) is 4.39 Å². The summed E-state index contributed by atoms with van der Waals surface area (Å²) in [6, 6.07) is 9.98. The van der Waals surface area contributed by atoms with Crippen LogP contribution in [-0.2, 0) is 6.54 Å². The first kappa shape index (κ1) is 12.9. The smallest absolute Gasteiger partial charge is 0.141 e. The van der Waals surface area contributed by atoms with Crippen molar-refractivity contribution in [2.75, 3.05) is 5.73 Å². The van der Waals surface area contributed by atoms with Crippen LogP contribution in [-0.4, -0.2) is 9.55 Å². The predicted octanol–water partition coefficient (Wildman–Crippen LogP) is 4.10. The van der Waals surface area contributed by atoms with E-state index in [2.05, 4.69) is 4.98 Å². The lowest BCUT2D eigenvalue weighted by molar-refractivity contribution is 0.628. The first-order valence-corrected chi connectivity index (χ1v) is 6.69. The Morgan fingerprint density at radius 3 is 2.75 bits per heavy atom. The van der Waals surface area contributed by atoms with Gasteiger partial charge in [0.1, 0.15) is 11.6 Å². The van der Waals surface area contributed by atoms with E-state index in [0.29, 0.717) is 17.3 Å². The Morgan fingerprint density at radius 1 is 1.25 bits per heavy atom. The molecule has 2 aromatic carbocycles. The zero-order chi connectivity index (χ0) is 14.3. The topological polar surface area (TPSA) is 43.8 Å². The molecule has 0 saturated heterocycles. The Bertz CT molecular complexity index is 795. The number of hydrogen-bond donors (Lipinski definition) is 1. The van der Waals surface area contributed by atoms with E-state index in [1.165, 1.54) is 12.1 Å². The third-order valence-corrected chi connectivity index (χ3v) is 3.62. The zero-order valence-corrected chi connectivity index (χ0v) is 11.7. The van der Waals surface area contributed by atoms with Crippen molar-refractivity contribution in [2.45, 2.75) is 13.5 Å². The molecule has 0 aliphatic heterocycles. The molecule has 0 unspecified atom stereocenters. The van der Waals surface area contributed by atoms with Crippen LogP contribution in [0.25, 0.3) is 22.4 Å². The maximum absolute atomic E-state index is 13.4. The van der Waals surface area contributed by atoms with Gasteiger partial charge in [-0.3, -0.25) is 0 Å². The molecule has 20 heavy (non-hydrogen) atoms. The fraction of sp³-hybridized carbons (Fsp3) is 0.133. The van der Waals surface area contributed by atoms with Crippen molar-refractivity contribution in [1.29, 1.82) is 0 Å². The molecule has 3 aromatic rings. The van der Waals surface area contributed by atoms with Gasteiger partial charge in [-0.15, -0.1) is 0 Å². The average molecular weight is 290 g/mol. The molecule has 102 valence electrons. The molecule has 3 nitrogen and oxygen atoms in total. The van der Waals surface area contributed by atoms with Gasteiger partial charge in [0.05, 0.1) is 21.7 Å². The summed E-state index contributed by atoms with van der Waals surface area (Å²) in [7, 11) is 0. The van der Waals surface area contributed by atoms with Gasteiger partial charge in [-0.25, -0.2) is 9.37 Å². The summed E-state index contributed by atoms with van der Waals surface area (Å²) in [5, 5.41) is 0.513. The van der Waals surface area contributed by atoms with Crippen LogP contribution in [0, 0.1) is 5.82 Å². The monoisotopic (exact) mass is 289 g/mol. The van der Waals surface area contributed by atoms with Crippen molar-refractivity contribution in [3.63, 3.8) is 0 Å². The molecule has 0 bridgehead atoms. The van der Waals surface area contributed by atoms with E-state index in [1.54, 1.807) is 18.2 Å². The molecular weight excluding hydrogens is 277 g/mol. The standard InChI is InChI=1S/C15H13ClFN3/c1-2-20-14-8-10(17)4-6-13(14)19-15(20)9-3-5-11(16)12(18)7-9/h3-8H,2,18H2,1H3. The number of anilines is 1. The zero-order valence-electron chi connectivity index (χ0n) is 10.9. The van der Waals surface area contributed by atoms with Crippen molar-refractivity contribution in [2.24, 2.45) is 0 Å². The summed E-state index contributed by atoms with van der Waals surface area (Å²) in [5.74, 6) is 0.491. The third kappa shape index (κ3) is 2.02. The Kier molecular flexibility index (Phi) is 3.10. The number of imidazole rings is 1. The molecule has 0 aliphatic rings. The summed E-state index contributed by atoms with van der Waals surface area (Å²) in [5.41, 5.74) is 8.74. The van der Waals surface area contributed by atoms with E-state index in [1.807, 2.05) is 17.6 Å². The molecule has 5 heteroatoms. The van der Waals surface area contributed by atoms with Crippen molar-refractivity contribution in [3.8, 4) is 11.4 Å². The van der Waals surface area contributed by atoms with Crippen LogP contribution in [0.3, 0.4) is 0 Å². The highest BCUT2D eigenvalue weighted by Crippen LogP contribution is 2.29. The fourth-order valence-corrected chi connectivity index (χ4v) is 2.44. The number of nitrogens with two attached hydrogens (primary N) is 1. The SMILES string of the molecule is CCn1c(-c2ccc(Cl)c(N)c2)nc2ccc(F)cc21. The van der Waals surface area contributed by atoms with E-state index in [0.717, 1.165) is 22.4 Å². The molecule has 0 aliphatic carbocycles. The molecule has 0 fully saturated rings. The summed E-state index contributed by atoms with van der Waals surface area (Å²) >= 11 is 5.94. The van der Waals surface area contributed by atoms with Crippen molar-refractivity contribution >= 4 is 28.3 Å². The molecule has 0 saturated carbocycles. The van der Waals surface area contributed by atoms with Crippen molar-refractivity contribution < 1.29 is 4.39 Å². The Hall–Kier alpha value is -2.07. The second-order valence-electron chi connectivity index (χ2n) is 4.55. The Labute approximate surface area is 120 Å². The second-order valence-corrected chi connectivity index (χ2v) is 4.96. The number of nitrogens with zero attached hydrogens (tertiary/aromatic N) is 2. The minimum absolute atomic E-state index is 0.269. The number of aryl methyl sites for hydroxylation is 1. The lowest BCUT2D eigenvalue weighted by atomic mass is 10.2. The van der Waals surface area contributed by atoms with Gasteiger partial charge in [0.25, 0.3) is 0 Å². The maximum Gasteiger partial charge on any atom is 0.141 e. The number of halogens is 2. The minimum atomic E-state index is -0.269. The molecular formula is C15H13ClFN3. The molecule has 0 atom stereocenters.